The number of amides is 1. The molecular formula is C36H44N2O5. The van der Waals surface area contributed by atoms with Crippen molar-refractivity contribution < 1.29 is 23.8 Å². The molecule has 3 atom stereocenters. The lowest BCUT2D eigenvalue weighted by molar-refractivity contribution is -0.156. The van der Waals surface area contributed by atoms with E-state index < -0.39 is 5.60 Å². The molecule has 228 valence electrons. The summed E-state index contributed by atoms with van der Waals surface area (Å²) in [5, 5.41) is 2.98. The number of para-hydroxylation sites is 1. The van der Waals surface area contributed by atoms with Crippen LogP contribution in [0.4, 0.5) is 10.5 Å². The number of esters is 1. The third-order valence-corrected chi connectivity index (χ3v) is 8.14. The number of carbonyl (C=O) groups excluding carboxylic acids is 2. The van der Waals surface area contributed by atoms with Crippen molar-refractivity contribution in [2.24, 2.45) is 11.8 Å². The Morgan fingerprint density at radius 1 is 0.837 bits per heavy atom. The molecule has 2 fully saturated rings. The van der Waals surface area contributed by atoms with Crippen molar-refractivity contribution in [2.75, 3.05) is 31.6 Å². The van der Waals surface area contributed by atoms with Crippen LogP contribution in [0.3, 0.4) is 0 Å². The van der Waals surface area contributed by atoms with Crippen LogP contribution in [-0.4, -0.2) is 55.0 Å². The Hall–Kier alpha value is -3.68. The second-order valence-corrected chi connectivity index (χ2v) is 12.8. The number of ether oxygens (including phenoxy) is 3. The summed E-state index contributed by atoms with van der Waals surface area (Å²) in [6, 6.07) is 26.6. The molecule has 1 heterocycles. The van der Waals surface area contributed by atoms with Gasteiger partial charge in [0.2, 0.25) is 0 Å². The highest BCUT2D eigenvalue weighted by atomic mass is 16.6. The maximum absolute atomic E-state index is 12.8. The normalized spacial score (nSPS) is 20.0. The van der Waals surface area contributed by atoms with Gasteiger partial charge in [-0.2, -0.15) is 0 Å². The van der Waals surface area contributed by atoms with Gasteiger partial charge in [-0.3, -0.25) is 15.0 Å². The highest BCUT2D eigenvalue weighted by Crippen LogP contribution is 2.40. The number of hydrogen-bond donors (Lipinski definition) is 1. The molecule has 0 radical (unpaired) electrons. The molecular weight excluding hydrogens is 540 g/mol. The molecule has 0 unspecified atom stereocenters. The SMILES string of the molecule is CC(C)(C)OC(=O)CCOCCc1ccc(CN2C[C@H]3C[C@H](OC(=O)Nc4ccccc4-c4ccccc4)C[C@H]3C2)cc1. The van der Waals surface area contributed by atoms with E-state index in [0.29, 0.717) is 25.0 Å². The summed E-state index contributed by atoms with van der Waals surface area (Å²) in [7, 11) is 0. The summed E-state index contributed by atoms with van der Waals surface area (Å²) >= 11 is 0. The molecule has 1 saturated heterocycles. The smallest absolute Gasteiger partial charge is 0.411 e. The Balaban J connectivity index is 1.00. The first kappa shape index (κ1) is 30.8. The van der Waals surface area contributed by atoms with Crippen LogP contribution < -0.4 is 5.32 Å². The Labute approximate surface area is 255 Å². The molecule has 5 rings (SSSR count). The van der Waals surface area contributed by atoms with Gasteiger partial charge in [-0.25, -0.2) is 4.79 Å². The molecule has 1 N–H and O–H groups in total. The molecule has 3 aromatic carbocycles. The number of anilines is 1. The van der Waals surface area contributed by atoms with Crippen LogP contribution in [0.15, 0.2) is 78.9 Å². The molecule has 1 aliphatic carbocycles. The molecule has 7 nitrogen and oxygen atoms in total. The third-order valence-electron chi connectivity index (χ3n) is 8.14. The highest BCUT2D eigenvalue weighted by molar-refractivity contribution is 5.91. The molecule has 1 saturated carbocycles. The number of carbonyl (C=O) groups is 2. The van der Waals surface area contributed by atoms with E-state index in [1.54, 1.807) is 0 Å². The third kappa shape index (κ3) is 9.15. The van der Waals surface area contributed by atoms with E-state index in [2.05, 4.69) is 34.5 Å². The zero-order chi connectivity index (χ0) is 30.2. The lowest BCUT2D eigenvalue weighted by Gasteiger charge is -2.20. The number of nitrogens with one attached hydrogen (secondary N) is 1. The molecule has 2 aliphatic rings. The van der Waals surface area contributed by atoms with Gasteiger partial charge in [0, 0.05) is 25.2 Å². The van der Waals surface area contributed by atoms with Crippen molar-refractivity contribution in [1.82, 2.24) is 4.90 Å². The van der Waals surface area contributed by atoms with Crippen LogP contribution in [0.1, 0.15) is 51.2 Å². The van der Waals surface area contributed by atoms with E-state index >= 15 is 0 Å². The maximum Gasteiger partial charge on any atom is 0.411 e. The van der Waals surface area contributed by atoms with Gasteiger partial charge in [0.15, 0.2) is 0 Å². The summed E-state index contributed by atoms with van der Waals surface area (Å²) in [5.74, 6) is 0.898. The zero-order valence-electron chi connectivity index (χ0n) is 25.6. The second kappa shape index (κ2) is 14.2. The van der Waals surface area contributed by atoms with Gasteiger partial charge in [0.05, 0.1) is 25.3 Å². The maximum atomic E-state index is 12.8. The minimum atomic E-state index is -0.460. The van der Waals surface area contributed by atoms with Crippen molar-refractivity contribution >= 4 is 17.7 Å². The van der Waals surface area contributed by atoms with Crippen LogP contribution in [0, 0.1) is 11.8 Å². The number of fused-ring (bicyclic) bond motifs is 1. The molecule has 1 amide bonds. The summed E-state index contributed by atoms with van der Waals surface area (Å²) in [4.78, 5) is 27.1. The van der Waals surface area contributed by atoms with Crippen LogP contribution in [-0.2, 0) is 32.0 Å². The van der Waals surface area contributed by atoms with Crippen LogP contribution >= 0.6 is 0 Å². The molecule has 0 spiro atoms. The first-order valence-electron chi connectivity index (χ1n) is 15.4. The van der Waals surface area contributed by atoms with Gasteiger partial charge < -0.3 is 14.2 Å². The molecule has 7 heteroatoms. The Morgan fingerprint density at radius 2 is 1.49 bits per heavy atom. The fourth-order valence-corrected chi connectivity index (χ4v) is 6.23. The lowest BCUT2D eigenvalue weighted by Crippen LogP contribution is -2.25. The molecule has 3 aromatic rings. The summed E-state index contributed by atoms with van der Waals surface area (Å²) < 4.78 is 16.8. The van der Waals surface area contributed by atoms with Crippen LogP contribution in [0.25, 0.3) is 11.1 Å². The topological polar surface area (TPSA) is 77.1 Å². The zero-order valence-corrected chi connectivity index (χ0v) is 25.6. The second-order valence-electron chi connectivity index (χ2n) is 12.8. The Kier molecular flexibility index (Phi) is 10.2. The molecule has 0 aromatic heterocycles. The number of hydrogen-bond acceptors (Lipinski definition) is 6. The number of likely N-dealkylation sites (tertiary alicyclic amines) is 1. The van der Waals surface area contributed by atoms with Gasteiger partial charge in [-0.15, -0.1) is 0 Å². The monoisotopic (exact) mass is 584 g/mol. The van der Waals surface area contributed by atoms with Crippen molar-refractivity contribution in [3.8, 4) is 11.1 Å². The lowest BCUT2D eigenvalue weighted by atomic mass is 10.0. The molecule has 0 bridgehead atoms. The first-order valence-corrected chi connectivity index (χ1v) is 15.4. The van der Waals surface area contributed by atoms with E-state index in [1.807, 2.05) is 75.4 Å². The summed E-state index contributed by atoms with van der Waals surface area (Å²) in [6.45, 7) is 9.57. The van der Waals surface area contributed by atoms with E-state index in [4.69, 9.17) is 14.2 Å². The van der Waals surface area contributed by atoms with Gasteiger partial charge in [0.25, 0.3) is 0 Å². The minimum absolute atomic E-state index is 0.0355. The van der Waals surface area contributed by atoms with Crippen molar-refractivity contribution in [3.63, 3.8) is 0 Å². The van der Waals surface area contributed by atoms with Gasteiger partial charge >= 0.3 is 12.1 Å². The standard InChI is InChI=1S/C36H44N2O5/c1-36(2,3)43-34(39)18-20-41-19-17-26-13-15-27(16-14-26)23-38-24-29-21-31(22-30(29)25-38)42-35(40)37-33-12-8-7-11-32(33)28-9-5-4-6-10-28/h4-16,29-31H,17-25H2,1-3H3,(H,37,40)/t29-,30+,31+. The van der Waals surface area contributed by atoms with Crippen LogP contribution in [0.2, 0.25) is 0 Å². The van der Waals surface area contributed by atoms with Gasteiger partial charge in [0.1, 0.15) is 11.7 Å². The highest BCUT2D eigenvalue weighted by Gasteiger charge is 2.42. The van der Waals surface area contributed by atoms with Crippen molar-refractivity contribution in [2.45, 2.75) is 64.7 Å². The largest absolute Gasteiger partial charge is 0.460 e. The Morgan fingerprint density at radius 3 is 2.19 bits per heavy atom. The average molecular weight is 585 g/mol. The van der Waals surface area contributed by atoms with Gasteiger partial charge in [-0.1, -0.05) is 72.8 Å². The van der Waals surface area contributed by atoms with Crippen LogP contribution in [0.5, 0.6) is 0 Å². The number of rotatable bonds is 11. The predicted octanol–water partition coefficient (Wildman–Crippen LogP) is 7.10. The fourth-order valence-electron chi connectivity index (χ4n) is 6.23. The minimum Gasteiger partial charge on any atom is -0.460 e. The Bertz CT molecular complexity index is 1340. The van der Waals surface area contributed by atoms with Crippen molar-refractivity contribution in [3.05, 3.63) is 90.0 Å². The fraction of sp³-hybridized carbons (Fsp3) is 0.444. The average Bonchev–Trinajstić information content (AvgIpc) is 3.51. The van der Waals surface area contributed by atoms with E-state index in [-0.39, 0.29) is 24.6 Å². The number of benzene rings is 3. The molecule has 43 heavy (non-hydrogen) atoms. The quantitative estimate of drug-likeness (QED) is 0.191. The van der Waals surface area contributed by atoms with E-state index in [1.165, 1.54) is 11.1 Å². The van der Waals surface area contributed by atoms with E-state index in [9.17, 15) is 9.59 Å². The first-order chi connectivity index (χ1) is 20.7. The number of nitrogens with zero attached hydrogens (tertiary/aromatic N) is 1. The predicted molar refractivity (Wildman–Crippen MR) is 169 cm³/mol. The van der Waals surface area contributed by atoms with Gasteiger partial charge in [-0.05, 0) is 74.6 Å². The van der Waals surface area contributed by atoms with Crippen molar-refractivity contribution in [1.29, 1.82) is 0 Å². The van der Waals surface area contributed by atoms with E-state index in [0.717, 1.165) is 55.7 Å². The summed E-state index contributed by atoms with van der Waals surface area (Å²) in [6.07, 6.45) is 2.52. The molecule has 1 aliphatic heterocycles. The summed E-state index contributed by atoms with van der Waals surface area (Å²) in [5.41, 5.74) is 4.88.